The maximum atomic E-state index is 12.3. The number of amides is 3. The average molecular weight is 414 g/mol. The maximum absolute atomic E-state index is 12.3. The molecule has 2 fully saturated rings. The van der Waals surface area contributed by atoms with E-state index in [0.717, 1.165) is 57.4 Å². The van der Waals surface area contributed by atoms with Crippen LogP contribution in [-0.4, -0.2) is 65.6 Å². The summed E-state index contributed by atoms with van der Waals surface area (Å²) in [4.78, 5) is 30.2. The lowest BCUT2D eigenvalue weighted by Gasteiger charge is -2.32. The molecular formula is C24H35N3O3. The summed E-state index contributed by atoms with van der Waals surface area (Å²) in [6.45, 7) is 2.40. The van der Waals surface area contributed by atoms with Gasteiger partial charge in [0.1, 0.15) is 11.8 Å². The standard InChI is InChI=1S/C24H35N3O3/c1-25(22-15-14-19-11-6-7-13-21(19)30-22)16-8-4-2-3-5-9-17-27-23(28)20-12-10-18-26(20)24(27)29/h6-7,11,13,20,22H,2-5,8-10,12,14-18H2,1H3. The third-order valence-corrected chi connectivity index (χ3v) is 6.81. The minimum absolute atomic E-state index is 0.0353. The van der Waals surface area contributed by atoms with Gasteiger partial charge in [-0.3, -0.25) is 14.6 Å². The third kappa shape index (κ3) is 4.64. The van der Waals surface area contributed by atoms with E-state index in [1.54, 1.807) is 4.90 Å². The van der Waals surface area contributed by atoms with E-state index in [1.165, 1.54) is 36.1 Å². The number of ether oxygens (including phenoxy) is 1. The van der Waals surface area contributed by atoms with Gasteiger partial charge < -0.3 is 9.64 Å². The summed E-state index contributed by atoms with van der Waals surface area (Å²) in [7, 11) is 2.16. The number of aryl methyl sites for hydroxylation is 1. The molecule has 1 aromatic carbocycles. The Balaban J connectivity index is 1.05. The lowest BCUT2D eigenvalue weighted by molar-refractivity contribution is -0.128. The summed E-state index contributed by atoms with van der Waals surface area (Å²) in [5.74, 6) is 1.07. The van der Waals surface area contributed by atoms with Crippen molar-refractivity contribution in [2.75, 3.05) is 26.7 Å². The first kappa shape index (κ1) is 21.2. The second-order valence-corrected chi connectivity index (χ2v) is 8.94. The normalized spacial score (nSPS) is 23.1. The molecule has 30 heavy (non-hydrogen) atoms. The van der Waals surface area contributed by atoms with Gasteiger partial charge in [-0.2, -0.15) is 0 Å². The molecule has 0 radical (unpaired) electrons. The van der Waals surface area contributed by atoms with Crippen LogP contribution in [0.15, 0.2) is 24.3 Å². The Kier molecular flexibility index (Phi) is 6.93. The summed E-state index contributed by atoms with van der Waals surface area (Å²) < 4.78 is 6.16. The number of hydrogen-bond acceptors (Lipinski definition) is 4. The quantitative estimate of drug-likeness (QED) is 0.429. The molecule has 1 aromatic rings. The van der Waals surface area contributed by atoms with Crippen LogP contribution in [0.2, 0.25) is 0 Å². The van der Waals surface area contributed by atoms with Gasteiger partial charge in [-0.1, -0.05) is 43.9 Å². The van der Waals surface area contributed by atoms with Crippen LogP contribution in [-0.2, 0) is 11.2 Å². The highest BCUT2D eigenvalue weighted by atomic mass is 16.5. The molecule has 0 spiro atoms. The van der Waals surface area contributed by atoms with Crippen molar-refractivity contribution in [3.63, 3.8) is 0 Å². The van der Waals surface area contributed by atoms with Crippen molar-refractivity contribution in [3.8, 4) is 5.75 Å². The highest BCUT2D eigenvalue weighted by Crippen LogP contribution is 2.29. The van der Waals surface area contributed by atoms with Gasteiger partial charge in [-0.25, -0.2) is 4.79 Å². The molecule has 3 aliphatic rings. The number of rotatable bonds is 10. The number of unbranched alkanes of at least 4 members (excludes halogenated alkanes) is 5. The number of hydrogen-bond donors (Lipinski definition) is 0. The Morgan fingerprint density at radius 1 is 1.03 bits per heavy atom. The second-order valence-electron chi connectivity index (χ2n) is 8.94. The van der Waals surface area contributed by atoms with Gasteiger partial charge >= 0.3 is 6.03 Å². The van der Waals surface area contributed by atoms with Crippen LogP contribution >= 0.6 is 0 Å². The fourth-order valence-electron chi connectivity index (χ4n) is 4.99. The topological polar surface area (TPSA) is 53.1 Å². The first-order valence-corrected chi connectivity index (χ1v) is 11.7. The molecule has 0 bridgehead atoms. The molecule has 4 rings (SSSR count). The van der Waals surface area contributed by atoms with Crippen LogP contribution in [0.5, 0.6) is 5.75 Å². The first-order chi connectivity index (χ1) is 14.6. The molecule has 6 heteroatoms. The predicted octanol–water partition coefficient (Wildman–Crippen LogP) is 4.04. The number of para-hydroxylation sites is 1. The smallest absolute Gasteiger partial charge is 0.327 e. The fourth-order valence-corrected chi connectivity index (χ4v) is 4.99. The Labute approximate surface area is 180 Å². The number of fused-ring (bicyclic) bond motifs is 2. The summed E-state index contributed by atoms with van der Waals surface area (Å²) in [5, 5.41) is 0. The van der Waals surface area contributed by atoms with Gasteiger partial charge in [0.25, 0.3) is 5.91 Å². The lowest BCUT2D eigenvalue weighted by atomic mass is 10.0. The Hall–Kier alpha value is -2.08. The van der Waals surface area contributed by atoms with Crippen molar-refractivity contribution in [2.45, 2.75) is 76.5 Å². The molecule has 164 valence electrons. The van der Waals surface area contributed by atoms with E-state index >= 15 is 0 Å². The van der Waals surface area contributed by atoms with Crippen molar-refractivity contribution in [3.05, 3.63) is 29.8 Å². The van der Waals surface area contributed by atoms with Crippen LogP contribution in [0.3, 0.4) is 0 Å². The van der Waals surface area contributed by atoms with Gasteiger partial charge in [0.05, 0.1) is 0 Å². The Morgan fingerprint density at radius 3 is 2.63 bits per heavy atom. The summed E-state index contributed by atoms with van der Waals surface area (Å²) >= 11 is 0. The largest absolute Gasteiger partial charge is 0.475 e. The SMILES string of the molecule is CN(CCCCCCCCN1C(=O)C2CCCN2C1=O)C1CCc2ccccc2O1. The van der Waals surface area contributed by atoms with E-state index in [0.29, 0.717) is 6.54 Å². The predicted molar refractivity (Wildman–Crippen MR) is 116 cm³/mol. The van der Waals surface area contributed by atoms with E-state index in [1.807, 2.05) is 6.07 Å². The lowest BCUT2D eigenvalue weighted by Crippen LogP contribution is -2.39. The van der Waals surface area contributed by atoms with Gasteiger partial charge in [0.2, 0.25) is 0 Å². The molecule has 2 saturated heterocycles. The molecule has 0 aromatic heterocycles. The molecule has 3 amide bonds. The Bertz CT molecular complexity index is 731. The summed E-state index contributed by atoms with van der Waals surface area (Å²) in [6.07, 6.45) is 10.9. The molecular weight excluding hydrogens is 378 g/mol. The fraction of sp³-hybridized carbons (Fsp3) is 0.667. The molecule has 0 saturated carbocycles. The van der Waals surface area contributed by atoms with Gasteiger partial charge in [0, 0.05) is 26.1 Å². The van der Waals surface area contributed by atoms with Crippen LogP contribution in [0.1, 0.15) is 63.4 Å². The van der Waals surface area contributed by atoms with Crippen molar-refractivity contribution in [1.82, 2.24) is 14.7 Å². The molecule has 0 N–H and O–H groups in total. The van der Waals surface area contributed by atoms with Crippen LogP contribution < -0.4 is 4.74 Å². The highest BCUT2D eigenvalue weighted by Gasteiger charge is 2.46. The number of imide groups is 1. The van der Waals surface area contributed by atoms with Crippen molar-refractivity contribution >= 4 is 11.9 Å². The number of urea groups is 1. The van der Waals surface area contributed by atoms with Gasteiger partial charge in [-0.15, -0.1) is 0 Å². The highest BCUT2D eigenvalue weighted by molar-refractivity contribution is 6.04. The number of carbonyl (C=O) groups excluding carboxylic acids is 2. The molecule has 3 aliphatic heterocycles. The monoisotopic (exact) mass is 413 g/mol. The van der Waals surface area contributed by atoms with Crippen LogP contribution in [0, 0.1) is 0 Å². The zero-order chi connectivity index (χ0) is 20.9. The van der Waals surface area contributed by atoms with Crippen molar-refractivity contribution in [2.24, 2.45) is 0 Å². The van der Waals surface area contributed by atoms with Gasteiger partial charge in [-0.05, 0) is 50.8 Å². The number of carbonyl (C=O) groups is 2. The Morgan fingerprint density at radius 2 is 1.80 bits per heavy atom. The van der Waals surface area contributed by atoms with Crippen LogP contribution in [0.4, 0.5) is 4.79 Å². The molecule has 2 atom stereocenters. The first-order valence-electron chi connectivity index (χ1n) is 11.7. The summed E-state index contributed by atoms with van der Waals surface area (Å²) in [6, 6.07) is 8.14. The minimum Gasteiger partial charge on any atom is -0.475 e. The second kappa shape index (κ2) is 9.82. The zero-order valence-corrected chi connectivity index (χ0v) is 18.2. The van der Waals surface area contributed by atoms with E-state index in [2.05, 4.69) is 30.1 Å². The summed E-state index contributed by atoms with van der Waals surface area (Å²) in [5.41, 5.74) is 1.32. The molecule has 0 aliphatic carbocycles. The maximum Gasteiger partial charge on any atom is 0.327 e. The molecule has 6 nitrogen and oxygen atoms in total. The minimum atomic E-state index is -0.156. The van der Waals surface area contributed by atoms with E-state index < -0.39 is 0 Å². The molecule has 3 heterocycles. The third-order valence-electron chi connectivity index (χ3n) is 6.81. The van der Waals surface area contributed by atoms with Crippen molar-refractivity contribution < 1.29 is 14.3 Å². The zero-order valence-electron chi connectivity index (χ0n) is 18.2. The van der Waals surface area contributed by atoms with Gasteiger partial charge in [0.15, 0.2) is 6.23 Å². The van der Waals surface area contributed by atoms with E-state index in [4.69, 9.17) is 4.74 Å². The van der Waals surface area contributed by atoms with E-state index in [-0.39, 0.29) is 24.2 Å². The molecule has 2 unspecified atom stereocenters. The van der Waals surface area contributed by atoms with E-state index in [9.17, 15) is 9.59 Å². The average Bonchev–Trinajstić information content (AvgIpc) is 3.34. The number of benzene rings is 1. The van der Waals surface area contributed by atoms with Crippen LogP contribution in [0.25, 0.3) is 0 Å². The van der Waals surface area contributed by atoms with Crippen molar-refractivity contribution in [1.29, 1.82) is 0 Å². The number of nitrogens with zero attached hydrogens (tertiary/aromatic N) is 3.